The maximum atomic E-state index is 11.0. The molecule has 0 unspecified atom stereocenters. The van der Waals surface area contributed by atoms with Crippen LogP contribution in [0, 0.1) is 5.92 Å². The predicted octanol–water partition coefficient (Wildman–Crippen LogP) is 3.97. The van der Waals surface area contributed by atoms with Crippen molar-refractivity contribution in [3.05, 3.63) is 28.2 Å². The number of benzene rings is 1. The Bertz CT molecular complexity index is 499. The number of halogens is 1. The first-order chi connectivity index (χ1) is 10.6. The van der Waals surface area contributed by atoms with Gasteiger partial charge in [0.15, 0.2) is 0 Å². The van der Waals surface area contributed by atoms with E-state index in [1.165, 1.54) is 0 Å². The summed E-state index contributed by atoms with van der Waals surface area (Å²) in [6.45, 7) is 3.57. The number of nitrogens with one attached hydrogen (secondary N) is 1. The molecule has 0 spiro atoms. The second-order valence-electron chi connectivity index (χ2n) is 5.87. The second kappa shape index (κ2) is 8.53. The molecule has 0 saturated heterocycles. The number of carboxylic acid groups (broad SMARTS) is 1. The van der Waals surface area contributed by atoms with Gasteiger partial charge in [0.2, 0.25) is 0 Å². The topological polar surface area (TPSA) is 58.6 Å². The first kappa shape index (κ1) is 17.3. The summed E-state index contributed by atoms with van der Waals surface area (Å²) in [5, 5.41) is 12.6. The first-order valence-electron chi connectivity index (χ1n) is 7.97. The van der Waals surface area contributed by atoms with Crippen molar-refractivity contribution in [1.82, 2.24) is 5.32 Å². The molecule has 0 radical (unpaired) electrons. The summed E-state index contributed by atoms with van der Waals surface area (Å²) in [6.07, 6.45) is 4.38. The van der Waals surface area contributed by atoms with Crippen LogP contribution in [0.15, 0.2) is 22.7 Å². The molecule has 0 amide bonds. The highest BCUT2D eigenvalue weighted by Gasteiger charge is 2.25. The lowest BCUT2D eigenvalue weighted by Gasteiger charge is -2.27. The summed E-state index contributed by atoms with van der Waals surface area (Å²) < 4.78 is 6.84. The number of aliphatic carboxylic acids is 1. The summed E-state index contributed by atoms with van der Waals surface area (Å²) in [6, 6.07) is 6.47. The normalized spacial score (nSPS) is 21.5. The van der Waals surface area contributed by atoms with Crippen LogP contribution in [-0.4, -0.2) is 23.7 Å². The van der Waals surface area contributed by atoms with Crippen LogP contribution in [0.5, 0.6) is 5.75 Å². The van der Waals surface area contributed by atoms with Crippen molar-refractivity contribution in [2.24, 2.45) is 5.92 Å². The van der Waals surface area contributed by atoms with E-state index in [1.54, 1.807) is 0 Å². The Morgan fingerprint density at radius 1 is 1.36 bits per heavy atom. The molecule has 0 atom stereocenters. The Labute approximate surface area is 140 Å². The average molecular weight is 370 g/mol. The van der Waals surface area contributed by atoms with Gasteiger partial charge in [-0.3, -0.25) is 4.79 Å². The fraction of sp³-hybridized carbons (Fsp3) is 0.588. The summed E-state index contributed by atoms with van der Waals surface area (Å²) in [5.41, 5.74) is 1.14. The average Bonchev–Trinajstić information content (AvgIpc) is 2.52. The van der Waals surface area contributed by atoms with Crippen molar-refractivity contribution >= 4 is 21.9 Å². The summed E-state index contributed by atoms with van der Waals surface area (Å²) in [4.78, 5) is 11.0. The standard InChI is InChI=1S/C17H24BrNO3/c1-2-9-22-16-8-5-14(18)10-13(16)11-19-15-6-3-12(4-7-15)17(20)21/h5,8,10,12,15,19H,2-4,6-7,9,11H2,1H3,(H,20,21). The van der Waals surface area contributed by atoms with Gasteiger partial charge in [0.25, 0.3) is 0 Å². The maximum absolute atomic E-state index is 11.0. The van der Waals surface area contributed by atoms with Gasteiger partial charge in [0.1, 0.15) is 5.75 Å². The molecule has 2 rings (SSSR count). The van der Waals surface area contributed by atoms with Gasteiger partial charge in [-0.15, -0.1) is 0 Å². The number of carboxylic acids is 1. The van der Waals surface area contributed by atoms with Crippen LogP contribution in [0.1, 0.15) is 44.6 Å². The van der Waals surface area contributed by atoms with E-state index >= 15 is 0 Å². The van der Waals surface area contributed by atoms with E-state index in [0.717, 1.165) is 61.0 Å². The van der Waals surface area contributed by atoms with Crippen LogP contribution in [0.3, 0.4) is 0 Å². The molecule has 122 valence electrons. The van der Waals surface area contributed by atoms with E-state index in [4.69, 9.17) is 9.84 Å². The second-order valence-corrected chi connectivity index (χ2v) is 6.78. The van der Waals surface area contributed by atoms with Gasteiger partial charge < -0.3 is 15.2 Å². The third kappa shape index (κ3) is 4.99. The largest absolute Gasteiger partial charge is 0.493 e. The zero-order valence-electron chi connectivity index (χ0n) is 13.0. The lowest BCUT2D eigenvalue weighted by molar-refractivity contribution is -0.142. The fourth-order valence-corrected chi connectivity index (χ4v) is 3.25. The molecule has 22 heavy (non-hydrogen) atoms. The smallest absolute Gasteiger partial charge is 0.306 e. The fourth-order valence-electron chi connectivity index (χ4n) is 2.84. The molecule has 1 aliphatic carbocycles. The molecule has 1 aliphatic rings. The van der Waals surface area contributed by atoms with Gasteiger partial charge in [-0.2, -0.15) is 0 Å². The van der Waals surface area contributed by atoms with Crippen LogP contribution in [-0.2, 0) is 11.3 Å². The third-order valence-electron chi connectivity index (χ3n) is 4.14. The monoisotopic (exact) mass is 369 g/mol. The SMILES string of the molecule is CCCOc1ccc(Br)cc1CNC1CCC(C(=O)O)CC1. The molecule has 0 bridgehead atoms. The van der Waals surface area contributed by atoms with Crippen LogP contribution >= 0.6 is 15.9 Å². The number of rotatable bonds is 7. The molecule has 0 aromatic heterocycles. The van der Waals surface area contributed by atoms with E-state index in [-0.39, 0.29) is 5.92 Å². The minimum Gasteiger partial charge on any atom is -0.493 e. The van der Waals surface area contributed by atoms with Crippen LogP contribution in [0.2, 0.25) is 0 Å². The molecule has 0 aliphatic heterocycles. The molecule has 1 saturated carbocycles. The van der Waals surface area contributed by atoms with Gasteiger partial charge >= 0.3 is 5.97 Å². The van der Waals surface area contributed by atoms with Crippen molar-refractivity contribution in [1.29, 1.82) is 0 Å². The lowest BCUT2D eigenvalue weighted by atomic mass is 9.86. The van der Waals surface area contributed by atoms with Crippen molar-refractivity contribution < 1.29 is 14.6 Å². The zero-order valence-corrected chi connectivity index (χ0v) is 14.6. The highest BCUT2D eigenvalue weighted by atomic mass is 79.9. The Balaban J connectivity index is 1.88. The molecule has 0 heterocycles. The van der Waals surface area contributed by atoms with E-state index in [1.807, 2.05) is 12.1 Å². The zero-order chi connectivity index (χ0) is 15.9. The number of carbonyl (C=O) groups is 1. The molecular weight excluding hydrogens is 346 g/mol. The van der Waals surface area contributed by atoms with E-state index < -0.39 is 5.97 Å². The molecule has 1 aromatic carbocycles. The highest BCUT2D eigenvalue weighted by molar-refractivity contribution is 9.10. The Morgan fingerprint density at radius 3 is 2.73 bits per heavy atom. The van der Waals surface area contributed by atoms with Gasteiger partial charge in [-0.25, -0.2) is 0 Å². The molecule has 1 aromatic rings. The summed E-state index contributed by atoms with van der Waals surface area (Å²) in [7, 11) is 0. The van der Waals surface area contributed by atoms with Crippen LogP contribution in [0.4, 0.5) is 0 Å². The maximum Gasteiger partial charge on any atom is 0.306 e. The molecule has 2 N–H and O–H groups in total. The van der Waals surface area contributed by atoms with Crippen molar-refractivity contribution in [3.8, 4) is 5.75 Å². The lowest BCUT2D eigenvalue weighted by Crippen LogP contribution is -2.34. The van der Waals surface area contributed by atoms with Crippen LogP contribution in [0.25, 0.3) is 0 Å². The summed E-state index contributed by atoms with van der Waals surface area (Å²) >= 11 is 3.51. The number of hydrogen-bond donors (Lipinski definition) is 2. The van der Waals surface area contributed by atoms with Gasteiger partial charge in [-0.05, 0) is 50.3 Å². The van der Waals surface area contributed by atoms with E-state index in [2.05, 4.69) is 34.2 Å². The van der Waals surface area contributed by atoms with Gasteiger partial charge in [0, 0.05) is 22.6 Å². The van der Waals surface area contributed by atoms with Crippen molar-refractivity contribution in [2.75, 3.05) is 6.61 Å². The Kier molecular flexibility index (Phi) is 6.70. The van der Waals surface area contributed by atoms with Crippen LogP contribution < -0.4 is 10.1 Å². The van der Waals surface area contributed by atoms with Crippen molar-refractivity contribution in [2.45, 2.75) is 51.6 Å². The number of hydrogen-bond acceptors (Lipinski definition) is 3. The third-order valence-corrected chi connectivity index (χ3v) is 4.64. The van der Waals surface area contributed by atoms with E-state index in [9.17, 15) is 4.79 Å². The Hall–Kier alpha value is -1.07. The Morgan fingerprint density at radius 2 is 2.09 bits per heavy atom. The summed E-state index contributed by atoms with van der Waals surface area (Å²) in [5.74, 6) is 0.116. The van der Waals surface area contributed by atoms with E-state index in [0.29, 0.717) is 6.04 Å². The van der Waals surface area contributed by atoms with Crippen molar-refractivity contribution in [3.63, 3.8) is 0 Å². The highest BCUT2D eigenvalue weighted by Crippen LogP contribution is 2.27. The molecule has 4 nitrogen and oxygen atoms in total. The molecular formula is C17H24BrNO3. The minimum atomic E-state index is -0.652. The minimum absolute atomic E-state index is 0.160. The van der Waals surface area contributed by atoms with Gasteiger partial charge in [-0.1, -0.05) is 22.9 Å². The first-order valence-corrected chi connectivity index (χ1v) is 8.77. The molecule has 1 fully saturated rings. The predicted molar refractivity (Wildman–Crippen MR) is 90.1 cm³/mol. The number of ether oxygens (including phenoxy) is 1. The van der Waals surface area contributed by atoms with Gasteiger partial charge in [0.05, 0.1) is 12.5 Å². The quantitative estimate of drug-likeness (QED) is 0.763. The molecule has 5 heteroatoms.